The van der Waals surface area contributed by atoms with E-state index in [1.165, 1.54) is 24.3 Å². The summed E-state index contributed by atoms with van der Waals surface area (Å²) in [5.41, 5.74) is 2.70. The highest BCUT2D eigenvalue weighted by atomic mass is 32.2. The molecular weight excluding hydrogens is 416 g/mol. The first kappa shape index (κ1) is 22.2. The largest absolute Gasteiger partial charge is 0.493 e. The number of carbonyl (C=O) groups is 1. The summed E-state index contributed by atoms with van der Waals surface area (Å²) in [7, 11) is -0.646. The van der Waals surface area contributed by atoms with Gasteiger partial charge in [0.1, 0.15) is 0 Å². The monoisotopic (exact) mass is 440 g/mol. The minimum atomic E-state index is -3.75. The zero-order chi connectivity index (χ0) is 22.4. The maximum atomic E-state index is 12.6. The second-order valence-corrected chi connectivity index (χ2v) is 8.55. The van der Waals surface area contributed by atoms with Gasteiger partial charge in [0, 0.05) is 17.8 Å². The summed E-state index contributed by atoms with van der Waals surface area (Å²) in [6.45, 7) is 2.21. The van der Waals surface area contributed by atoms with Crippen molar-refractivity contribution < 1.29 is 22.7 Å². The summed E-state index contributed by atoms with van der Waals surface area (Å²) in [6.07, 6.45) is 0. The SMILES string of the molecule is COc1ccc(CNC(=O)c2ccc(S(=O)(=O)Nc3ccc(C)cc3)cc2)cc1OC. The van der Waals surface area contributed by atoms with E-state index in [1.807, 2.05) is 25.1 Å². The number of hydrogen-bond donors (Lipinski definition) is 2. The fraction of sp³-hybridized carbons (Fsp3) is 0.174. The second-order valence-electron chi connectivity index (χ2n) is 6.87. The van der Waals surface area contributed by atoms with Crippen molar-refractivity contribution in [1.29, 1.82) is 0 Å². The average molecular weight is 441 g/mol. The van der Waals surface area contributed by atoms with E-state index in [-0.39, 0.29) is 17.3 Å². The lowest BCUT2D eigenvalue weighted by Gasteiger charge is -2.11. The third kappa shape index (κ3) is 5.55. The number of nitrogens with one attached hydrogen (secondary N) is 2. The zero-order valence-electron chi connectivity index (χ0n) is 17.5. The summed E-state index contributed by atoms with van der Waals surface area (Å²) in [4.78, 5) is 12.5. The Morgan fingerprint density at radius 3 is 2.13 bits per heavy atom. The molecule has 7 nitrogen and oxygen atoms in total. The molecule has 3 rings (SSSR count). The minimum Gasteiger partial charge on any atom is -0.493 e. The van der Waals surface area contributed by atoms with E-state index < -0.39 is 10.0 Å². The number of rotatable bonds is 8. The second kappa shape index (κ2) is 9.53. The maximum Gasteiger partial charge on any atom is 0.261 e. The molecule has 0 saturated heterocycles. The van der Waals surface area contributed by atoms with E-state index in [1.54, 1.807) is 38.5 Å². The fourth-order valence-electron chi connectivity index (χ4n) is 2.90. The van der Waals surface area contributed by atoms with Crippen LogP contribution in [0.15, 0.2) is 71.6 Å². The highest BCUT2D eigenvalue weighted by Gasteiger charge is 2.15. The van der Waals surface area contributed by atoms with Crippen molar-refractivity contribution in [2.45, 2.75) is 18.4 Å². The normalized spacial score (nSPS) is 10.9. The molecule has 8 heteroatoms. The van der Waals surface area contributed by atoms with Gasteiger partial charge in [0.05, 0.1) is 19.1 Å². The van der Waals surface area contributed by atoms with Crippen LogP contribution in [0, 0.1) is 6.92 Å². The Bertz CT molecular complexity index is 1160. The standard InChI is InChI=1S/C23H24N2O5S/c1-16-4-9-19(10-5-16)25-31(27,28)20-11-7-18(8-12-20)23(26)24-15-17-6-13-21(29-2)22(14-17)30-3/h4-14,25H,15H2,1-3H3,(H,24,26). The predicted molar refractivity (Wildman–Crippen MR) is 119 cm³/mol. The van der Waals surface area contributed by atoms with Crippen molar-refractivity contribution in [3.05, 3.63) is 83.4 Å². The van der Waals surface area contributed by atoms with Gasteiger partial charge in [-0.2, -0.15) is 0 Å². The molecule has 162 valence electrons. The number of sulfonamides is 1. The summed E-state index contributed by atoms with van der Waals surface area (Å²) in [6, 6.07) is 18.2. The molecule has 1 amide bonds. The van der Waals surface area contributed by atoms with Crippen molar-refractivity contribution in [2.24, 2.45) is 0 Å². The third-order valence-electron chi connectivity index (χ3n) is 4.63. The van der Waals surface area contributed by atoms with Crippen LogP contribution in [0.25, 0.3) is 0 Å². The van der Waals surface area contributed by atoms with Crippen LogP contribution in [0.4, 0.5) is 5.69 Å². The van der Waals surface area contributed by atoms with Crippen LogP contribution in [-0.4, -0.2) is 28.5 Å². The number of carbonyl (C=O) groups excluding carboxylic acids is 1. The highest BCUT2D eigenvalue weighted by Crippen LogP contribution is 2.27. The van der Waals surface area contributed by atoms with E-state index in [4.69, 9.17) is 9.47 Å². The molecule has 0 aliphatic carbocycles. The lowest BCUT2D eigenvalue weighted by Crippen LogP contribution is -2.23. The predicted octanol–water partition coefficient (Wildman–Crippen LogP) is 3.74. The summed E-state index contributed by atoms with van der Waals surface area (Å²) >= 11 is 0. The van der Waals surface area contributed by atoms with E-state index in [0.29, 0.717) is 22.7 Å². The molecule has 3 aromatic rings. The van der Waals surface area contributed by atoms with Crippen molar-refractivity contribution in [3.63, 3.8) is 0 Å². The Morgan fingerprint density at radius 1 is 0.871 bits per heavy atom. The summed E-state index contributed by atoms with van der Waals surface area (Å²) in [5.74, 6) is 0.865. The van der Waals surface area contributed by atoms with Crippen molar-refractivity contribution in [1.82, 2.24) is 5.32 Å². The van der Waals surface area contributed by atoms with Crippen LogP contribution >= 0.6 is 0 Å². The van der Waals surface area contributed by atoms with Crippen LogP contribution in [0.3, 0.4) is 0 Å². The molecule has 2 N–H and O–H groups in total. The van der Waals surface area contributed by atoms with E-state index in [9.17, 15) is 13.2 Å². The van der Waals surface area contributed by atoms with E-state index in [2.05, 4.69) is 10.0 Å². The fourth-order valence-corrected chi connectivity index (χ4v) is 3.95. The maximum absolute atomic E-state index is 12.6. The van der Waals surface area contributed by atoms with Crippen molar-refractivity contribution in [2.75, 3.05) is 18.9 Å². The molecule has 31 heavy (non-hydrogen) atoms. The van der Waals surface area contributed by atoms with Crippen LogP contribution < -0.4 is 19.5 Å². The van der Waals surface area contributed by atoms with Gasteiger partial charge in [0.15, 0.2) is 11.5 Å². The van der Waals surface area contributed by atoms with Crippen LogP contribution in [0.1, 0.15) is 21.5 Å². The number of ether oxygens (including phenoxy) is 2. The van der Waals surface area contributed by atoms with Gasteiger partial charge in [0.25, 0.3) is 15.9 Å². The Balaban J connectivity index is 1.65. The zero-order valence-corrected chi connectivity index (χ0v) is 18.3. The van der Waals surface area contributed by atoms with Gasteiger partial charge in [-0.3, -0.25) is 9.52 Å². The first-order chi connectivity index (χ1) is 14.8. The van der Waals surface area contributed by atoms with Crippen LogP contribution in [0.5, 0.6) is 11.5 Å². The van der Waals surface area contributed by atoms with Gasteiger partial charge in [-0.1, -0.05) is 23.8 Å². The number of amides is 1. The summed E-state index contributed by atoms with van der Waals surface area (Å²) in [5, 5.41) is 2.81. The Labute approximate surface area is 182 Å². The van der Waals surface area contributed by atoms with Gasteiger partial charge in [-0.15, -0.1) is 0 Å². The van der Waals surface area contributed by atoms with Crippen molar-refractivity contribution >= 4 is 21.6 Å². The lowest BCUT2D eigenvalue weighted by molar-refractivity contribution is 0.0950. The number of anilines is 1. The Hall–Kier alpha value is -3.52. The smallest absolute Gasteiger partial charge is 0.261 e. The van der Waals surface area contributed by atoms with Crippen LogP contribution in [0.2, 0.25) is 0 Å². The molecule has 0 aliphatic heterocycles. The molecule has 0 spiro atoms. The molecule has 0 fully saturated rings. The lowest BCUT2D eigenvalue weighted by atomic mass is 10.1. The molecule has 0 radical (unpaired) electrons. The van der Waals surface area contributed by atoms with Gasteiger partial charge < -0.3 is 14.8 Å². The Morgan fingerprint density at radius 2 is 1.52 bits per heavy atom. The van der Waals surface area contributed by atoms with Crippen LogP contribution in [-0.2, 0) is 16.6 Å². The topological polar surface area (TPSA) is 93.7 Å². The summed E-state index contributed by atoms with van der Waals surface area (Å²) < 4.78 is 38.1. The first-order valence-corrected chi connectivity index (χ1v) is 11.0. The van der Waals surface area contributed by atoms with Gasteiger partial charge >= 0.3 is 0 Å². The highest BCUT2D eigenvalue weighted by molar-refractivity contribution is 7.92. The number of hydrogen-bond acceptors (Lipinski definition) is 5. The quantitative estimate of drug-likeness (QED) is 0.557. The Kier molecular flexibility index (Phi) is 6.81. The van der Waals surface area contributed by atoms with E-state index >= 15 is 0 Å². The molecule has 3 aromatic carbocycles. The molecule has 0 aliphatic rings. The molecule has 0 saturated carbocycles. The van der Waals surface area contributed by atoms with Gasteiger partial charge in [-0.05, 0) is 61.0 Å². The minimum absolute atomic E-state index is 0.0736. The molecule has 0 atom stereocenters. The number of benzene rings is 3. The van der Waals surface area contributed by atoms with E-state index in [0.717, 1.165) is 11.1 Å². The molecule has 0 aromatic heterocycles. The van der Waals surface area contributed by atoms with Gasteiger partial charge in [-0.25, -0.2) is 8.42 Å². The third-order valence-corrected chi connectivity index (χ3v) is 6.03. The molecule has 0 unspecified atom stereocenters. The molecule has 0 bridgehead atoms. The molecular formula is C23H24N2O5S. The first-order valence-electron chi connectivity index (χ1n) is 9.51. The number of aryl methyl sites for hydroxylation is 1. The van der Waals surface area contributed by atoms with Gasteiger partial charge in [0.2, 0.25) is 0 Å². The number of methoxy groups -OCH3 is 2. The molecule has 0 heterocycles. The van der Waals surface area contributed by atoms with Crippen molar-refractivity contribution in [3.8, 4) is 11.5 Å². The average Bonchev–Trinajstić information content (AvgIpc) is 2.78.